The summed E-state index contributed by atoms with van der Waals surface area (Å²) in [4.78, 5) is -0.0810. The van der Waals surface area contributed by atoms with E-state index < -0.39 is 21.9 Å². The molecule has 2 rings (SSSR count). The standard InChI is InChI=1S/C12H16FNO3S/c13-9-3-1-6-12(7-9)18(16,17)14-10-4-2-5-11(15)8-10/h1,3,6-7,10-11,14-15H,2,4-5,8H2/t10-,11+/m0/s1. The molecule has 1 aromatic rings. The lowest BCUT2D eigenvalue weighted by Gasteiger charge is -2.26. The fraction of sp³-hybridized carbons (Fsp3) is 0.500. The summed E-state index contributed by atoms with van der Waals surface area (Å²) in [5, 5.41) is 9.50. The molecule has 0 saturated heterocycles. The summed E-state index contributed by atoms with van der Waals surface area (Å²) in [7, 11) is -3.71. The SMILES string of the molecule is O=S(=O)(N[C@H]1CCC[C@@H](O)C1)c1cccc(F)c1. The maximum absolute atomic E-state index is 13.0. The van der Waals surface area contributed by atoms with Gasteiger partial charge in [0, 0.05) is 6.04 Å². The summed E-state index contributed by atoms with van der Waals surface area (Å²) in [5.41, 5.74) is 0. The zero-order valence-corrected chi connectivity index (χ0v) is 10.7. The van der Waals surface area contributed by atoms with Gasteiger partial charge in [0.2, 0.25) is 10.0 Å². The quantitative estimate of drug-likeness (QED) is 0.875. The largest absolute Gasteiger partial charge is 0.393 e. The molecule has 1 fully saturated rings. The number of nitrogens with one attached hydrogen (secondary N) is 1. The molecule has 0 aromatic heterocycles. The van der Waals surface area contributed by atoms with Crippen LogP contribution in [0, 0.1) is 5.82 Å². The van der Waals surface area contributed by atoms with E-state index in [9.17, 15) is 17.9 Å². The summed E-state index contributed by atoms with van der Waals surface area (Å²) in [6.07, 6.45) is 2.15. The summed E-state index contributed by atoms with van der Waals surface area (Å²) in [5.74, 6) is -0.582. The van der Waals surface area contributed by atoms with Crippen LogP contribution in [-0.4, -0.2) is 25.7 Å². The second-order valence-electron chi connectivity index (χ2n) is 4.60. The van der Waals surface area contributed by atoms with E-state index in [2.05, 4.69) is 4.72 Å². The molecule has 1 aromatic carbocycles. The molecule has 0 aliphatic heterocycles. The third-order valence-corrected chi connectivity index (χ3v) is 4.59. The van der Waals surface area contributed by atoms with E-state index in [-0.39, 0.29) is 10.9 Å². The first-order chi connectivity index (χ1) is 8.47. The highest BCUT2D eigenvalue weighted by Crippen LogP contribution is 2.20. The van der Waals surface area contributed by atoms with E-state index in [0.29, 0.717) is 19.3 Å². The number of sulfonamides is 1. The molecular weight excluding hydrogens is 257 g/mol. The molecule has 1 saturated carbocycles. The van der Waals surface area contributed by atoms with E-state index >= 15 is 0 Å². The third kappa shape index (κ3) is 3.28. The van der Waals surface area contributed by atoms with Gasteiger partial charge in [0.05, 0.1) is 11.0 Å². The first kappa shape index (κ1) is 13.5. The highest BCUT2D eigenvalue weighted by Gasteiger charge is 2.25. The lowest BCUT2D eigenvalue weighted by atomic mass is 9.94. The number of hydrogen-bond acceptors (Lipinski definition) is 3. The van der Waals surface area contributed by atoms with Gasteiger partial charge in [-0.15, -0.1) is 0 Å². The van der Waals surface area contributed by atoms with Crippen LogP contribution in [0.3, 0.4) is 0 Å². The molecule has 6 heteroatoms. The second kappa shape index (κ2) is 5.34. The van der Waals surface area contributed by atoms with Gasteiger partial charge in [-0.05, 0) is 43.9 Å². The highest BCUT2D eigenvalue weighted by molar-refractivity contribution is 7.89. The van der Waals surface area contributed by atoms with Crippen molar-refractivity contribution in [1.29, 1.82) is 0 Å². The van der Waals surface area contributed by atoms with Crippen molar-refractivity contribution in [3.8, 4) is 0 Å². The minimum absolute atomic E-state index is 0.0810. The third-order valence-electron chi connectivity index (χ3n) is 3.07. The lowest BCUT2D eigenvalue weighted by Crippen LogP contribution is -2.39. The first-order valence-corrected chi connectivity index (χ1v) is 7.41. The number of aliphatic hydroxyl groups is 1. The van der Waals surface area contributed by atoms with Crippen molar-refractivity contribution in [1.82, 2.24) is 4.72 Å². The number of halogens is 1. The number of hydrogen-bond donors (Lipinski definition) is 2. The summed E-state index contributed by atoms with van der Waals surface area (Å²) < 4.78 is 39.5. The molecule has 1 aliphatic carbocycles. The van der Waals surface area contributed by atoms with Crippen LogP contribution >= 0.6 is 0 Å². The van der Waals surface area contributed by atoms with Gasteiger partial charge in [-0.3, -0.25) is 0 Å². The van der Waals surface area contributed by atoms with Crippen molar-refractivity contribution in [2.24, 2.45) is 0 Å². The predicted octanol–water partition coefficient (Wildman–Crippen LogP) is 1.41. The number of benzene rings is 1. The van der Waals surface area contributed by atoms with Crippen LogP contribution in [0.4, 0.5) is 4.39 Å². The Bertz CT molecular complexity index is 518. The van der Waals surface area contributed by atoms with Gasteiger partial charge in [0.15, 0.2) is 0 Å². The van der Waals surface area contributed by atoms with Gasteiger partial charge < -0.3 is 5.11 Å². The van der Waals surface area contributed by atoms with Crippen molar-refractivity contribution in [2.75, 3.05) is 0 Å². The van der Waals surface area contributed by atoms with E-state index in [4.69, 9.17) is 0 Å². The summed E-state index contributed by atoms with van der Waals surface area (Å²) in [6.45, 7) is 0. The zero-order chi connectivity index (χ0) is 13.2. The topological polar surface area (TPSA) is 66.4 Å². The molecule has 0 spiro atoms. The molecule has 0 amide bonds. The Morgan fingerprint density at radius 3 is 2.78 bits per heavy atom. The Kier molecular flexibility index (Phi) is 3.99. The van der Waals surface area contributed by atoms with Crippen LogP contribution in [0.2, 0.25) is 0 Å². The molecule has 4 nitrogen and oxygen atoms in total. The minimum atomic E-state index is -3.71. The van der Waals surface area contributed by atoms with Gasteiger partial charge in [0.1, 0.15) is 5.82 Å². The minimum Gasteiger partial charge on any atom is -0.393 e. The Labute approximate surface area is 106 Å². The molecule has 0 unspecified atom stereocenters. The van der Waals surface area contributed by atoms with E-state index in [1.165, 1.54) is 18.2 Å². The maximum Gasteiger partial charge on any atom is 0.240 e. The number of aliphatic hydroxyl groups excluding tert-OH is 1. The summed E-state index contributed by atoms with van der Waals surface area (Å²) >= 11 is 0. The normalized spacial score (nSPS) is 25.0. The van der Waals surface area contributed by atoms with Crippen molar-refractivity contribution >= 4 is 10.0 Å². The predicted molar refractivity (Wildman–Crippen MR) is 65.0 cm³/mol. The van der Waals surface area contributed by atoms with Crippen molar-refractivity contribution < 1.29 is 17.9 Å². The van der Waals surface area contributed by atoms with Gasteiger partial charge in [0.25, 0.3) is 0 Å². The molecule has 1 aliphatic rings. The lowest BCUT2D eigenvalue weighted by molar-refractivity contribution is 0.117. The van der Waals surface area contributed by atoms with Gasteiger partial charge in [-0.2, -0.15) is 0 Å². The molecule has 18 heavy (non-hydrogen) atoms. The van der Waals surface area contributed by atoms with Crippen LogP contribution < -0.4 is 4.72 Å². The smallest absolute Gasteiger partial charge is 0.240 e. The Hall–Kier alpha value is -0.980. The molecule has 2 N–H and O–H groups in total. The molecule has 0 bridgehead atoms. The molecule has 0 radical (unpaired) electrons. The monoisotopic (exact) mass is 273 g/mol. The van der Waals surface area contributed by atoms with Crippen molar-refractivity contribution in [2.45, 2.75) is 42.7 Å². The fourth-order valence-corrected chi connectivity index (χ4v) is 3.51. The summed E-state index contributed by atoms with van der Waals surface area (Å²) in [6, 6.07) is 4.62. The van der Waals surface area contributed by atoms with Gasteiger partial charge in [-0.1, -0.05) is 6.07 Å². The zero-order valence-electron chi connectivity index (χ0n) is 9.84. The average molecular weight is 273 g/mol. The van der Waals surface area contributed by atoms with Gasteiger partial charge >= 0.3 is 0 Å². The van der Waals surface area contributed by atoms with Crippen LogP contribution in [0.15, 0.2) is 29.2 Å². The van der Waals surface area contributed by atoms with Crippen molar-refractivity contribution in [3.63, 3.8) is 0 Å². The average Bonchev–Trinajstić information content (AvgIpc) is 2.28. The Balaban J connectivity index is 2.12. The molecule has 100 valence electrons. The second-order valence-corrected chi connectivity index (χ2v) is 6.31. The molecule has 2 atom stereocenters. The van der Waals surface area contributed by atoms with Crippen molar-refractivity contribution in [3.05, 3.63) is 30.1 Å². The van der Waals surface area contributed by atoms with Gasteiger partial charge in [-0.25, -0.2) is 17.5 Å². The fourth-order valence-electron chi connectivity index (χ4n) is 2.19. The Morgan fingerprint density at radius 2 is 2.11 bits per heavy atom. The highest BCUT2D eigenvalue weighted by atomic mass is 32.2. The maximum atomic E-state index is 13.0. The molecular formula is C12H16FNO3S. The Morgan fingerprint density at radius 1 is 1.33 bits per heavy atom. The first-order valence-electron chi connectivity index (χ1n) is 5.93. The van der Waals surface area contributed by atoms with E-state index in [1.807, 2.05) is 0 Å². The number of rotatable bonds is 3. The van der Waals surface area contributed by atoms with Crippen LogP contribution in [0.5, 0.6) is 0 Å². The van der Waals surface area contributed by atoms with E-state index in [1.54, 1.807) is 0 Å². The molecule has 0 heterocycles. The van der Waals surface area contributed by atoms with E-state index in [0.717, 1.165) is 12.5 Å². The van der Waals surface area contributed by atoms with Crippen LogP contribution in [0.25, 0.3) is 0 Å². The van der Waals surface area contributed by atoms with Crippen LogP contribution in [-0.2, 0) is 10.0 Å². The van der Waals surface area contributed by atoms with Crippen LogP contribution in [0.1, 0.15) is 25.7 Å².